The molecule has 1 amide bonds. The molecule has 3 aromatic rings. The third kappa shape index (κ3) is 4.30. The van der Waals surface area contributed by atoms with Crippen LogP contribution in [-0.4, -0.2) is 41.0 Å². The normalized spacial score (nSPS) is 17.6. The summed E-state index contributed by atoms with van der Waals surface area (Å²) in [5.41, 5.74) is 6.28. The quantitative estimate of drug-likeness (QED) is 0.654. The summed E-state index contributed by atoms with van der Waals surface area (Å²) in [6.45, 7) is 3.25. The Morgan fingerprint density at radius 2 is 1.91 bits per heavy atom. The molecule has 0 bridgehead atoms. The minimum absolute atomic E-state index is 0.146. The van der Waals surface area contributed by atoms with E-state index in [0.717, 1.165) is 71.6 Å². The molecule has 1 atom stereocenters. The van der Waals surface area contributed by atoms with E-state index >= 15 is 0 Å². The van der Waals surface area contributed by atoms with Crippen LogP contribution in [0.2, 0.25) is 0 Å². The summed E-state index contributed by atoms with van der Waals surface area (Å²) < 4.78 is 5.28. The van der Waals surface area contributed by atoms with Crippen LogP contribution < -0.4 is 10.3 Å². The zero-order valence-electron chi connectivity index (χ0n) is 19.2. The van der Waals surface area contributed by atoms with E-state index < -0.39 is 0 Å². The average molecular weight is 444 g/mol. The number of rotatable bonds is 4. The number of likely N-dealkylation sites (tertiary alicyclic amines) is 1. The third-order valence-corrected chi connectivity index (χ3v) is 6.84. The Kier molecular flexibility index (Phi) is 5.75. The van der Waals surface area contributed by atoms with Crippen molar-refractivity contribution in [2.24, 2.45) is 0 Å². The van der Waals surface area contributed by atoms with Crippen molar-refractivity contribution in [1.82, 2.24) is 14.9 Å². The van der Waals surface area contributed by atoms with Gasteiger partial charge >= 0.3 is 0 Å². The van der Waals surface area contributed by atoms with Gasteiger partial charge in [-0.05, 0) is 86.1 Å². The number of hydrogen-bond donors (Lipinski definition) is 1. The zero-order chi connectivity index (χ0) is 22.9. The van der Waals surface area contributed by atoms with Crippen LogP contribution >= 0.6 is 0 Å². The molecule has 2 aromatic heterocycles. The molecule has 0 saturated carbocycles. The van der Waals surface area contributed by atoms with E-state index in [4.69, 9.17) is 9.72 Å². The highest BCUT2D eigenvalue weighted by atomic mass is 16.5. The second-order valence-electron chi connectivity index (χ2n) is 9.11. The van der Waals surface area contributed by atoms with Crippen LogP contribution in [0.15, 0.2) is 47.3 Å². The highest BCUT2D eigenvalue weighted by Crippen LogP contribution is 2.31. The molecule has 1 aliphatic carbocycles. The maximum absolute atomic E-state index is 13.3. The monoisotopic (exact) mass is 443 g/mol. The molecular weight excluding hydrogens is 414 g/mol. The van der Waals surface area contributed by atoms with Crippen molar-refractivity contribution in [3.8, 4) is 16.9 Å². The molecular formula is C27H29N3O3. The lowest BCUT2D eigenvalue weighted by Gasteiger charge is -2.32. The van der Waals surface area contributed by atoms with E-state index in [9.17, 15) is 9.59 Å². The number of hydrogen-bond acceptors (Lipinski definition) is 4. The van der Waals surface area contributed by atoms with E-state index in [-0.39, 0.29) is 22.9 Å². The number of aryl methyl sites for hydroxylation is 3. The summed E-state index contributed by atoms with van der Waals surface area (Å²) in [5.74, 6) is 0.805. The fourth-order valence-electron chi connectivity index (χ4n) is 5.10. The van der Waals surface area contributed by atoms with Crippen LogP contribution in [0.1, 0.15) is 58.2 Å². The van der Waals surface area contributed by atoms with Gasteiger partial charge in [0.25, 0.3) is 11.5 Å². The molecule has 1 aromatic carbocycles. The van der Waals surface area contributed by atoms with Crippen LogP contribution in [0.4, 0.5) is 0 Å². The largest absolute Gasteiger partial charge is 0.497 e. The third-order valence-electron chi connectivity index (χ3n) is 6.84. The Morgan fingerprint density at radius 1 is 1.09 bits per heavy atom. The van der Waals surface area contributed by atoms with E-state index in [1.54, 1.807) is 7.11 Å². The van der Waals surface area contributed by atoms with Gasteiger partial charge in [0.05, 0.1) is 7.11 Å². The zero-order valence-corrected chi connectivity index (χ0v) is 19.2. The predicted molar refractivity (Wildman–Crippen MR) is 128 cm³/mol. The van der Waals surface area contributed by atoms with Crippen molar-refractivity contribution >= 4 is 5.91 Å². The molecule has 6 nitrogen and oxygen atoms in total. The number of fused-ring (bicyclic) bond motifs is 1. The number of nitrogens with one attached hydrogen (secondary N) is 1. The minimum atomic E-state index is -0.266. The number of H-pyrrole nitrogens is 1. The predicted octanol–water partition coefficient (Wildman–Crippen LogP) is 4.26. The standard InChI is InChI=1S/C27H29N3O3/c1-17-13-21(18-8-10-22(33-2)11-9-18)15-25(28-17)20-6-4-12-30(16-20)27(32)23-14-19-5-3-7-24(19)29-26(23)31/h8-11,13-15,20H,3-7,12,16H2,1-2H3,(H,29,31)/t20-/m1/s1. The molecule has 0 unspecified atom stereocenters. The van der Waals surface area contributed by atoms with Crippen molar-refractivity contribution in [2.45, 2.75) is 44.9 Å². The molecule has 1 fully saturated rings. The van der Waals surface area contributed by atoms with Gasteiger partial charge in [-0.3, -0.25) is 14.6 Å². The number of aromatic amines is 1. The van der Waals surface area contributed by atoms with Crippen molar-refractivity contribution in [1.29, 1.82) is 0 Å². The number of pyridine rings is 2. The molecule has 0 radical (unpaired) electrons. The second kappa shape index (κ2) is 8.85. The molecule has 0 spiro atoms. The number of nitrogens with zero attached hydrogens (tertiary/aromatic N) is 2. The summed E-state index contributed by atoms with van der Waals surface area (Å²) in [7, 11) is 1.66. The van der Waals surface area contributed by atoms with Gasteiger partial charge in [-0.1, -0.05) is 12.1 Å². The fourth-order valence-corrected chi connectivity index (χ4v) is 5.10. The van der Waals surface area contributed by atoms with Gasteiger partial charge in [0.2, 0.25) is 0 Å². The summed E-state index contributed by atoms with van der Waals surface area (Å²) >= 11 is 0. The number of amides is 1. The van der Waals surface area contributed by atoms with Crippen LogP contribution in [-0.2, 0) is 12.8 Å². The van der Waals surface area contributed by atoms with Gasteiger partial charge in [0, 0.05) is 36.1 Å². The van der Waals surface area contributed by atoms with E-state index in [2.05, 4.69) is 17.1 Å². The average Bonchev–Trinajstić information content (AvgIpc) is 3.30. The Bertz CT molecular complexity index is 1250. The number of methoxy groups -OCH3 is 1. The van der Waals surface area contributed by atoms with Gasteiger partial charge in [0.15, 0.2) is 0 Å². The SMILES string of the molecule is COc1ccc(-c2cc(C)nc([C@@H]3CCCN(C(=O)c4cc5c([nH]c4=O)CCC5)C3)c2)cc1. The Hall–Kier alpha value is -3.41. The molecule has 33 heavy (non-hydrogen) atoms. The first-order valence-corrected chi connectivity index (χ1v) is 11.7. The molecule has 1 aliphatic heterocycles. The van der Waals surface area contributed by atoms with Crippen molar-refractivity contribution < 1.29 is 9.53 Å². The van der Waals surface area contributed by atoms with E-state index in [0.29, 0.717) is 13.1 Å². The van der Waals surface area contributed by atoms with Crippen molar-refractivity contribution in [3.05, 3.63) is 81.0 Å². The Balaban J connectivity index is 1.39. The lowest BCUT2D eigenvalue weighted by molar-refractivity contribution is 0.0704. The lowest BCUT2D eigenvalue weighted by Crippen LogP contribution is -2.41. The van der Waals surface area contributed by atoms with Gasteiger partial charge in [-0.2, -0.15) is 0 Å². The number of carbonyl (C=O) groups is 1. The first-order chi connectivity index (χ1) is 16.0. The summed E-state index contributed by atoms with van der Waals surface area (Å²) in [5, 5.41) is 0. The Labute approximate surface area is 193 Å². The smallest absolute Gasteiger partial charge is 0.261 e. The Morgan fingerprint density at radius 3 is 2.70 bits per heavy atom. The van der Waals surface area contributed by atoms with Gasteiger partial charge < -0.3 is 14.6 Å². The first kappa shape index (κ1) is 21.4. The second-order valence-corrected chi connectivity index (χ2v) is 9.11. The van der Waals surface area contributed by atoms with Gasteiger partial charge in [-0.15, -0.1) is 0 Å². The first-order valence-electron chi connectivity index (χ1n) is 11.7. The fraction of sp³-hybridized carbons (Fsp3) is 0.370. The molecule has 1 saturated heterocycles. The summed E-state index contributed by atoms with van der Waals surface area (Å²) in [4.78, 5) is 35.5. The van der Waals surface area contributed by atoms with Crippen molar-refractivity contribution in [3.63, 3.8) is 0 Å². The number of ether oxygens (including phenoxy) is 1. The van der Waals surface area contributed by atoms with Crippen LogP contribution in [0.5, 0.6) is 5.75 Å². The number of carbonyl (C=O) groups excluding carboxylic acids is 1. The van der Waals surface area contributed by atoms with Crippen LogP contribution in [0.25, 0.3) is 11.1 Å². The van der Waals surface area contributed by atoms with E-state index in [1.807, 2.05) is 42.2 Å². The molecule has 3 heterocycles. The van der Waals surface area contributed by atoms with E-state index in [1.165, 1.54) is 0 Å². The molecule has 5 rings (SSSR count). The topological polar surface area (TPSA) is 75.3 Å². The number of benzene rings is 1. The molecule has 1 N–H and O–H groups in total. The summed E-state index contributed by atoms with van der Waals surface area (Å²) in [6, 6.07) is 14.1. The number of piperidine rings is 1. The van der Waals surface area contributed by atoms with Crippen LogP contribution in [0, 0.1) is 6.92 Å². The maximum atomic E-state index is 13.3. The minimum Gasteiger partial charge on any atom is -0.497 e. The maximum Gasteiger partial charge on any atom is 0.261 e. The van der Waals surface area contributed by atoms with Crippen LogP contribution in [0.3, 0.4) is 0 Å². The highest BCUT2D eigenvalue weighted by Gasteiger charge is 2.29. The molecule has 170 valence electrons. The highest BCUT2D eigenvalue weighted by molar-refractivity contribution is 5.94. The van der Waals surface area contributed by atoms with Gasteiger partial charge in [-0.25, -0.2) is 0 Å². The van der Waals surface area contributed by atoms with Gasteiger partial charge in [0.1, 0.15) is 11.3 Å². The molecule has 2 aliphatic rings. The summed E-state index contributed by atoms with van der Waals surface area (Å²) in [6.07, 6.45) is 4.72. The molecule has 6 heteroatoms. The lowest BCUT2D eigenvalue weighted by atomic mass is 9.91. The number of aromatic nitrogens is 2. The van der Waals surface area contributed by atoms with Crippen molar-refractivity contribution in [2.75, 3.05) is 20.2 Å².